The van der Waals surface area contributed by atoms with Crippen LogP contribution in [0.3, 0.4) is 0 Å². The maximum Gasteiger partial charge on any atom is 0.261 e. The third-order valence-corrected chi connectivity index (χ3v) is 7.09. The number of carbonyl (C=O) groups excluding carboxylic acids is 1. The highest BCUT2D eigenvalue weighted by Crippen LogP contribution is 2.25. The standard InChI is InChI=1S/C24H26FN3O4S/c25-20-7-2-3-8-21(20)27-33(30,31)19-12-10-18(11-13-19)24(29)26-17-22(23-9-6-16-32-23)28-14-4-1-5-15-28/h2-3,6-13,16,22,27H,1,4-5,14-15,17H2,(H,26,29)/t22-/m1/s1. The minimum Gasteiger partial charge on any atom is -0.468 e. The molecule has 2 N–H and O–H groups in total. The molecule has 0 bridgehead atoms. The first kappa shape index (κ1) is 23.0. The van der Waals surface area contributed by atoms with Gasteiger partial charge in [-0.3, -0.25) is 14.4 Å². The molecule has 33 heavy (non-hydrogen) atoms. The number of rotatable bonds is 8. The molecule has 174 valence electrons. The van der Waals surface area contributed by atoms with Gasteiger partial charge in [0.05, 0.1) is 22.9 Å². The topological polar surface area (TPSA) is 91.7 Å². The number of nitrogens with one attached hydrogen (secondary N) is 2. The van der Waals surface area contributed by atoms with E-state index in [1.165, 1.54) is 55.0 Å². The number of sulfonamides is 1. The Hall–Kier alpha value is -3.17. The summed E-state index contributed by atoms with van der Waals surface area (Å²) in [5.41, 5.74) is 0.192. The Bertz CT molecular complexity index is 1170. The number of hydrogen-bond donors (Lipinski definition) is 2. The summed E-state index contributed by atoms with van der Waals surface area (Å²) in [6.45, 7) is 2.27. The van der Waals surface area contributed by atoms with Crippen LogP contribution in [-0.2, 0) is 10.0 Å². The summed E-state index contributed by atoms with van der Waals surface area (Å²) in [5, 5.41) is 2.93. The molecule has 0 unspecified atom stereocenters. The Kier molecular flexibility index (Phi) is 7.10. The van der Waals surface area contributed by atoms with Crippen molar-refractivity contribution in [2.24, 2.45) is 0 Å². The van der Waals surface area contributed by atoms with Gasteiger partial charge in [0.25, 0.3) is 15.9 Å². The number of para-hydroxylation sites is 1. The molecule has 1 fully saturated rings. The fourth-order valence-corrected chi connectivity index (χ4v) is 5.01. The lowest BCUT2D eigenvalue weighted by Gasteiger charge is -2.33. The number of halogens is 1. The molecule has 1 aromatic heterocycles. The SMILES string of the molecule is O=C(NC[C@H](c1ccco1)N1CCCCC1)c1ccc(S(=O)(=O)Nc2ccccc2F)cc1. The Morgan fingerprint density at radius 3 is 2.39 bits per heavy atom. The van der Waals surface area contributed by atoms with E-state index in [9.17, 15) is 17.6 Å². The second-order valence-corrected chi connectivity index (χ2v) is 9.63. The van der Waals surface area contributed by atoms with E-state index in [4.69, 9.17) is 4.42 Å². The van der Waals surface area contributed by atoms with Crippen molar-refractivity contribution in [3.63, 3.8) is 0 Å². The molecule has 0 spiro atoms. The zero-order valence-electron chi connectivity index (χ0n) is 18.0. The Morgan fingerprint density at radius 2 is 1.73 bits per heavy atom. The van der Waals surface area contributed by atoms with Crippen LogP contribution in [0, 0.1) is 5.82 Å². The first-order valence-electron chi connectivity index (χ1n) is 10.9. The molecule has 9 heteroatoms. The summed E-state index contributed by atoms with van der Waals surface area (Å²) in [4.78, 5) is 15.0. The second-order valence-electron chi connectivity index (χ2n) is 7.95. The number of amides is 1. The van der Waals surface area contributed by atoms with Gasteiger partial charge >= 0.3 is 0 Å². The van der Waals surface area contributed by atoms with E-state index in [2.05, 4.69) is 14.9 Å². The second kappa shape index (κ2) is 10.2. The van der Waals surface area contributed by atoms with Gasteiger partial charge in [-0.15, -0.1) is 0 Å². The Morgan fingerprint density at radius 1 is 1.00 bits per heavy atom. The monoisotopic (exact) mass is 471 g/mol. The van der Waals surface area contributed by atoms with Crippen LogP contribution in [0.4, 0.5) is 10.1 Å². The summed E-state index contributed by atoms with van der Waals surface area (Å²) < 4.78 is 46.8. The molecule has 4 rings (SSSR count). The molecule has 0 radical (unpaired) electrons. The summed E-state index contributed by atoms with van der Waals surface area (Å²) in [6.07, 6.45) is 5.06. The van der Waals surface area contributed by atoms with Crippen LogP contribution in [0.5, 0.6) is 0 Å². The number of anilines is 1. The highest BCUT2D eigenvalue weighted by molar-refractivity contribution is 7.92. The van der Waals surface area contributed by atoms with Crippen LogP contribution in [0.25, 0.3) is 0 Å². The first-order chi connectivity index (χ1) is 15.9. The molecule has 1 aliphatic rings. The summed E-state index contributed by atoms with van der Waals surface area (Å²) in [7, 11) is -3.99. The maximum absolute atomic E-state index is 13.8. The van der Waals surface area contributed by atoms with Gasteiger partial charge in [0.15, 0.2) is 0 Å². The summed E-state index contributed by atoms with van der Waals surface area (Å²) >= 11 is 0. The van der Waals surface area contributed by atoms with E-state index in [1.54, 1.807) is 6.26 Å². The minimum atomic E-state index is -3.99. The molecule has 7 nitrogen and oxygen atoms in total. The van der Waals surface area contributed by atoms with Crippen molar-refractivity contribution in [2.45, 2.75) is 30.2 Å². The van der Waals surface area contributed by atoms with E-state index in [-0.39, 0.29) is 22.5 Å². The van der Waals surface area contributed by atoms with Crippen molar-refractivity contribution in [1.82, 2.24) is 10.2 Å². The third kappa shape index (κ3) is 5.61. The highest BCUT2D eigenvalue weighted by Gasteiger charge is 2.25. The zero-order chi connectivity index (χ0) is 23.3. The Labute approximate surface area is 192 Å². The van der Waals surface area contributed by atoms with Crippen LogP contribution in [-0.4, -0.2) is 38.9 Å². The average molecular weight is 472 g/mol. The number of likely N-dealkylation sites (tertiary alicyclic amines) is 1. The van der Waals surface area contributed by atoms with E-state index < -0.39 is 15.8 Å². The third-order valence-electron chi connectivity index (χ3n) is 5.70. The fourth-order valence-electron chi connectivity index (χ4n) is 3.95. The van der Waals surface area contributed by atoms with Crippen LogP contribution in [0.1, 0.15) is 41.4 Å². The van der Waals surface area contributed by atoms with Crippen molar-refractivity contribution >= 4 is 21.6 Å². The van der Waals surface area contributed by atoms with Gasteiger partial charge in [-0.05, 0) is 74.5 Å². The Balaban J connectivity index is 1.42. The van der Waals surface area contributed by atoms with Gasteiger partial charge in [0, 0.05) is 12.1 Å². The number of furan rings is 1. The quantitative estimate of drug-likeness (QED) is 0.514. The lowest BCUT2D eigenvalue weighted by molar-refractivity contribution is 0.0914. The molecule has 1 aliphatic heterocycles. The molecule has 2 heterocycles. The van der Waals surface area contributed by atoms with E-state index in [0.29, 0.717) is 12.1 Å². The number of piperidine rings is 1. The van der Waals surface area contributed by atoms with Gasteiger partial charge in [-0.1, -0.05) is 18.6 Å². The van der Waals surface area contributed by atoms with Gasteiger partial charge in [-0.25, -0.2) is 12.8 Å². The van der Waals surface area contributed by atoms with Crippen molar-refractivity contribution in [1.29, 1.82) is 0 Å². The number of benzene rings is 2. The normalized spacial score (nSPS) is 15.7. The summed E-state index contributed by atoms with van der Waals surface area (Å²) in [5.74, 6) is -0.177. The van der Waals surface area contributed by atoms with Crippen molar-refractivity contribution in [2.75, 3.05) is 24.4 Å². The van der Waals surface area contributed by atoms with Crippen LogP contribution >= 0.6 is 0 Å². The van der Waals surface area contributed by atoms with E-state index >= 15 is 0 Å². The smallest absolute Gasteiger partial charge is 0.261 e. The molecule has 1 saturated heterocycles. The van der Waals surface area contributed by atoms with Gasteiger partial charge in [-0.2, -0.15) is 0 Å². The van der Waals surface area contributed by atoms with Crippen LogP contribution < -0.4 is 10.0 Å². The van der Waals surface area contributed by atoms with Gasteiger partial charge in [0.2, 0.25) is 0 Å². The molecule has 0 saturated carbocycles. The first-order valence-corrected chi connectivity index (χ1v) is 12.4. The lowest BCUT2D eigenvalue weighted by Crippen LogP contribution is -2.40. The molecule has 1 amide bonds. The molecule has 1 atom stereocenters. The maximum atomic E-state index is 13.8. The van der Waals surface area contributed by atoms with Gasteiger partial charge < -0.3 is 9.73 Å². The average Bonchev–Trinajstić information content (AvgIpc) is 3.36. The number of nitrogens with zero attached hydrogens (tertiary/aromatic N) is 1. The van der Waals surface area contributed by atoms with Crippen LogP contribution in [0.15, 0.2) is 76.2 Å². The highest BCUT2D eigenvalue weighted by atomic mass is 32.2. The molecule has 2 aromatic carbocycles. The molecular weight excluding hydrogens is 445 g/mol. The number of hydrogen-bond acceptors (Lipinski definition) is 5. The van der Waals surface area contributed by atoms with Crippen molar-refractivity contribution in [3.8, 4) is 0 Å². The predicted molar refractivity (Wildman–Crippen MR) is 123 cm³/mol. The van der Waals surface area contributed by atoms with Crippen molar-refractivity contribution in [3.05, 3.63) is 84.1 Å². The van der Waals surface area contributed by atoms with Crippen molar-refractivity contribution < 1.29 is 22.0 Å². The lowest BCUT2D eigenvalue weighted by atomic mass is 10.1. The molecule has 0 aliphatic carbocycles. The zero-order valence-corrected chi connectivity index (χ0v) is 18.9. The van der Waals surface area contributed by atoms with E-state index in [1.807, 2.05) is 12.1 Å². The summed E-state index contributed by atoms with van der Waals surface area (Å²) in [6, 6.07) is 14.7. The van der Waals surface area contributed by atoms with Gasteiger partial charge in [0.1, 0.15) is 11.6 Å². The van der Waals surface area contributed by atoms with Crippen LogP contribution in [0.2, 0.25) is 0 Å². The largest absolute Gasteiger partial charge is 0.468 e. The molecule has 3 aromatic rings. The fraction of sp³-hybridized carbons (Fsp3) is 0.292. The minimum absolute atomic E-state index is 0.0612. The predicted octanol–water partition coefficient (Wildman–Crippen LogP) is 4.18. The number of carbonyl (C=O) groups is 1. The molecular formula is C24H26FN3O4S. The van der Waals surface area contributed by atoms with E-state index in [0.717, 1.165) is 31.7 Å².